The standard InChI is InChI=1S/C14H10N4O/c15-14-12-4-10(1-2-13(12)17-8-18-14)11-3-9(7-19)5-16-6-11/h1-8H,(H2,15,17,18). The van der Waals surface area contributed by atoms with Crippen LogP contribution in [0.2, 0.25) is 0 Å². The number of benzene rings is 1. The van der Waals surface area contributed by atoms with Crippen molar-refractivity contribution in [3.8, 4) is 11.1 Å². The van der Waals surface area contributed by atoms with E-state index in [4.69, 9.17) is 5.73 Å². The number of nitrogens with two attached hydrogens (primary N) is 1. The van der Waals surface area contributed by atoms with E-state index in [1.54, 1.807) is 12.3 Å². The van der Waals surface area contributed by atoms with E-state index in [1.165, 1.54) is 12.5 Å². The van der Waals surface area contributed by atoms with E-state index in [-0.39, 0.29) is 0 Å². The molecule has 0 bridgehead atoms. The Labute approximate surface area is 109 Å². The molecule has 0 aliphatic heterocycles. The first-order chi connectivity index (χ1) is 9.28. The van der Waals surface area contributed by atoms with Gasteiger partial charge in [0.2, 0.25) is 0 Å². The lowest BCUT2D eigenvalue weighted by Crippen LogP contribution is -1.93. The monoisotopic (exact) mass is 250 g/mol. The van der Waals surface area contributed by atoms with Gasteiger partial charge in [0.15, 0.2) is 6.29 Å². The van der Waals surface area contributed by atoms with Crippen LogP contribution >= 0.6 is 0 Å². The van der Waals surface area contributed by atoms with Crippen LogP contribution in [0.4, 0.5) is 5.82 Å². The van der Waals surface area contributed by atoms with Gasteiger partial charge in [0.1, 0.15) is 12.1 Å². The number of nitrogen functional groups attached to an aromatic ring is 1. The minimum atomic E-state index is 0.436. The van der Waals surface area contributed by atoms with Crippen molar-refractivity contribution in [2.24, 2.45) is 0 Å². The predicted octanol–water partition coefficient (Wildman–Crippen LogP) is 2.09. The lowest BCUT2D eigenvalue weighted by Gasteiger charge is -2.05. The summed E-state index contributed by atoms with van der Waals surface area (Å²) in [6.45, 7) is 0. The van der Waals surface area contributed by atoms with Crippen LogP contribution in [0.15, 0.2) is 43.0 Å². The molecule has 1 aromatic carbocycles. The highest BCUT2D eigenvalue weighted by Gasteiger charge is 2.04. The van der Waals surface area contributed by atoms with Gasteiger partial charge >= 0.3 is 0 Å². The fraction of sp³-hybridized carbons (Fsp3) is 0. The van der Waals surface area contributed by atoms with Gasteiger partial charge in [0.05, 0.1) is 5.52 Å². The molecule has 0 saturated heterocycles. The number of carbonyl (C=O) groups excluding carboxylic acids is 1. The predicted molar refractivity (Wildman–Crippen MR) is 72.6 cm³/mol. The largest absolute Gasteiger partial charge is 0.383 e. The lowest BCUT2D eigenvalue weighted by atomic mass is 10.0. The van der Waals surface area contributed by atoms with Crippen LogP contribution in [0.1, 0.15) is 10.4 Å². The number of hydrogen-bond donors (Lipinski definition) is 1. The van der Waals surface area contributed by atoms with Crippen molar-refractivity contribution in [2.45, 2.75) is 0 Å². The normalized spacial score (nSPS) is 10.5. The maximum absolute atomic E-state index is 10.8. The van der Waals surface area contributed by atoms with Gasteiger partial charge in [-0.2, -0.15) is 0 Å². The molecule has 0 aliphatic rings. The van der Waals surface area contributed by atoms with Gasteiger partial charge < -0.3 is 5.73 Å². The molecule has 0 saturated carbocycles. The molecule has 0 amide bonds. The number of rotatable bonds is 2. The second-order valence-electron chi connectivity index (χ2n) is 4.12. The molecule has 3 rings (SSSR count). The SMILES string of the molecule is Nc1ncnc2ccc(-c3cncc(C=O)c3)cc12. The molecule has 0 spiro atoms. The zero-order chi connectivity index (χ0) is 13.2. The summed E-state index contributed by atoms with van der Waals surface area (Å²) in [5.74, 6) is 0.436. The fourth-order valence-corrected chi connectivity index (χ4v) is 1.94. The summed E-state index contributed by atoms with van der Waals surface area (Å²) in [6.07, 6.45) is 5.43. The highest BCUT2D eigenvalue weighted by Crippen LogP contribution is 2.25. The Balaban J connectivity index is 2.19. The third-order valence-electron chi connectivity index (χ3n) is 2.89. The molecule has 92 valence electrons. The first kappa shape index (κ1) is 11.3. The smallest absolute Gasteiger partial charge is 0.151 e. The Kier molecular flexibility index (Phi) is 2.64. The summed E-state index contributed by atoms with van der Waals surface area (Å²) < 4.78 is 0. The van der Waals surface area contributed by atoms with Crippen LogP contribution in [0, 0.1) is 0 Å². The fourth-order valence-electron chi connectivity index (χ4n) is 1.94. The van der Waals surface area contributed by atoms with Crippen LogP contribution in [-0.4, -0.2) is 21.2 Å². The molecule has 3 aromatic rings. The van der Waals surface area contributed by atoms with Gasteiger partial charge in [0, 0.05) is 28.9 Å². The first-order valence-corrected chi connectivity index (χ1v) is 5.69. The topological polar surface area (TPSA) is 81.8 Å². The number of aromatic nitrogens is 3. The molecule has 0 fully saturated rings. The Morgan fingerprint density at radius 3 is 2.79 bits per heavy atom. The molecule has 2 aromatic heterocycles. The van der Waals surface area contributed by atoms with Crippen LogP contribution < -0.4 is 5.73 Å². The summed E-state index contributed by atoms with van der Waals surface area (Å²) in [7, 11) is 0. The number of anilines is 1. The first-order valence-electron chi connectivity index (χ1n) is 5.69. The number of carbonyl (C=O) groups is 1. The number of pyridine rings is 1. The second kappa shape index (κ2) is 4.45. The van der Waals surface area contributed by atoms with Gasteiger partial charge in [-0.05, 0) is 23.8 Å². The molecule has 0 radical (unpaired) electrons. The van der Waals surface area contributed by atoms with E-state index in [0.29, 0.717) is 11.4 Å². The Bertz CT molecular complexity index is 770. The van der Waals surface area contributed by atoms with Crippen LogP contribution in [0.25, 0.3) is 22.0 Å². The minimum absolute atomic E-state index is 0.436. The van der Waals surface area contributed by atoms with Crippen LogP contribution in [0.3, 0.4) is 0 Å². The molecule has 2 N–H and O–H groups in total. The summed E-state index contributed by atoms with van der Waals surface area (Å²) >= 11 is 0. The highest BCUT2D eigenvalue weighted by atomic mass is 16.1. The summed E-state index contributed by atoms with van der Waals surface area (Å²) in [5, 5.41) is 0.788. The van der Waals surface area contributed by atoms with Crippen molar-refractivity contribution in [1.82, 2.24) is 15.0 Å². The zero-order valence-corrected chi connectivity index (χ0v) is 9.95. The molecule has 5 nitrogen and oxygen atoms in total. The van der Waals surface area contributed by atoms with Crippen molar-refractivity contribution in [1.29, 1.82) is 0 Å². The van der Waals surface area contributed by atoms with E-state index in [0.717, 1.165) is 28.3 Å². The average molecular weight is 250 g/mol. The molecular weight excluding hydrogens is 240 g/mol. The Morgan fingerprint density at radius 1 is 1.05 bits per heavy atom. The number of fused-ring (bicyclic) bond motifs is 1. The van der Waals surface area contributed by atoms with Gasteiger partial charge in [-0.3, -0.25) is 9.78 Å². The maximum atomic E-state index is 10.8. The van der Waals surface area contributed by atoms with Gasteiger partial charge in [-0.15, -0.1) is 0 Å². The third-order valence-corrected chi connectivity index (χ3v) is 2.89. The van der Waals surface area contributed by atoms with Crippen molar-refractivity contribution >= 4 is 23.0 Å². The third kappa shape index (κ3) is 2.01. The van der Waals surface area contributed by atoms with E-state index in [2.05, 4.69) is 15.0 Å². The van der Waals surface area contributed by atoms with E-state index < -0.39 is 0 Å². The molecule has 0 aliphatic carbocycles. The highest BCUT2D eigenvalue weighted by molar-refractivity contribution is 5.91. The summed E-state index contributed by atoms with van der Waals surface area (Å²) in [4.78, 5) is 22.9. The number of nitrogens with zero attached hydrogens (tertiary/aromatic N) is 3. The Hall–Kier alpha value is -2.82. The van der Waals surface area contributed by atoms with Crippen LogP contribution in [-0.2, 0) is 0 Å². The lowest BCUT2D eigenvalue weighted by molar-refractivity contribution is 0.112. The quantitative estimate of drug-likeness (QED) is 0.704. The number of aldehydes is 1. The van der Waals surface area contributed by atoms with Crippen LogP contribution in [0.5, 0.6) is 0 Å². The van der Waals surface area contributed by atoms with Crippen molar-refractivity contribution in [2.75, 3.05) is 5.73 Å². The van der Waals surface area contributed by atoms with Gasteiger partial charge in [0.25, 0.3) is 0 Å². The minimum Gasteiger partial charge on any atom is -0.383 e. The molecular formula is C14H10N4O. The summed E-state index contributed by atoms with van der Waals surface area (Å²) in [6, 6.07) is 7.47. The van der Waals surface area contributed by atoms with E-state index >= 15 is 0 Å². The van der Waals surface area contributed by atoms with E-state index in [9.17, 15) is 4.79 Å². The molecule has 0 atom stereocenters. The zero-order valence-electron chi connectivity index (χ0n) is 9.95. The molecule has 2 heterocycles. The van der Waals surface area contributed by atoms with Crippen molar-refractivity contribution in [3.05, 3.63) is 48.5 Å². The maximum Gasteiger partial charge on any atom is 0.151 e. The van der Waals surface area contributed by atoms with Crippen molar-refractivity contribution in [3.63, 3.8) is 0 Å². The van der Waals surface area contributed by atoms with Gasteiger partial charge in [-0.1, -0.05) is 6.07 Å². The summed E-state index contributed by atoms with van der Waals surface area (Å²) in [5.41, 5.74) is 8.94. The number of hydrogen-bond acceptors (Lipinski definition) is 5. The molecule has 0 unspecified atom stereocenters. The van der Waals surface area contributed by atoms with E-state index in [1.807, 2.05) is 18.2 Å². The van der Waals surface area contributed by atoms with Crippen molar-refractivity contribution < 1.29 is 4.79 Å². The molecule has 5 heteroatoms. The second-order valence-corrected chi connectivity index (χ2v) is 4.12. The molecule has 19 heavy (non-hydrogen) atoms. The average Bonchev–Trinajstić information content (AvgIpc) is 2.47. The van der Waals surface area contributed by atoms with Gasteiger partial charge in [-0.25, -0.2) is 9.97 Å². The Morgan fingerprint density at radius 2 is 1.95 bits per heavy atom.